The van der Waals surface area contributed by atoms with Crippen LogP contribution in [0.25, 0.3) is 0 Å². The van der Waals surface area contributed by atoms with Crippen LogP contribution >= 0.6 is 0 Å². The van der Waals surface area contributed by atoms with Crippen LogP contribution in [-0.4, -0.2) is 53.0 Å². The molecule has 1 atom stereocenters. The third-order valence-corrected chi connectivity index (χ3v) is 4.52. The molecule has 0 saturated carbocycles. The molecule has 7 heteroatoms. The van der Waals surface area contributed by atoms with Gasteiger partial charge in [0.2, 0.25) is 11.9 Å². The second-order valence-electron chi connectivity index (χ2n) is 6.20. The Labute approximate surface area is 146 Å². The number of rotatable bonds is 4. The number of hydrogen-bond acceptors (Lipinski definition) is 5. The third-order valence-electron chi connectivity index (χ3n) is 4.52. The number of aromatic nitrogens is 2. The predicted octanol–water partition coefficient (Wildman–Crippen LogP) is 2.07. The maximum atomic E-state index is 13.6. The molecule has 1 amide bonds. The van der Waals surface area contributed by atoms with Gasteiger partial charge in [0.1, 0.15) is 5.82 Å². The van der Waals surface area contributed by atoms with Gasteiger partial charge in [-0.1, -0.05) is 6.07 Å². The highest BCUT2D eigenvalue weighted by molar-refractivity contribution is 5.94. The van der Waals surface area contributed by atoms with Crippen LogP contribution in [0.2, 0.25) is 0 Å². The summed E-state index contributed by atoms with van der Waals surface area (Å²) in [7, 11) is 0. The van der Waals surface area contributed by atoms with Crippen LogP contribution in [0.5, 0.6) is 0 Å². The fourth-order valence-electron chi connectivity index (χ4n) is 2.85. The molecule has 0 bridgehead atoms. The van der Waals surface area contributed by atoms with E-state index in [0.29, 0.717) is 11.3 Å². The molecule has 1 aromatic heterocycles. The Morgan fingerprint density at radius 3 is 2.52 bits per heavy atom. The first kappa shape index (κ1) is 17.3. The van der Waals surface area contributed by atoms with E-state index in [1.165, 1.54) is 6.07 Å². The average molecular weight is 343 g/mol. The van der Waals surface area contributed by atoms with Crippen LogP contribution in [0.15, 0.2) is 36.7 Å². The average Bonchev–Trinajstić information content (AvgIpc) is 2.65. The number of anilines is 2. The number of carbonyl (C=O) groups excluding carboxylic acids is 1. The number of benzene rings is 1. The van der Waals surface area contributed by atoms with E-state index < -0.39 is 0 Å². The highest BCUT2D eigenvalue weighted by atomic mass is 19.1. The molecule has 25 heavy (non-hydrogen) atoms. The molecule has 2 heterocycles. The van der Waals surface area contributed by atoms with Crippen LogP contribution in [0.1, 0.15) is 12.5 Å². The summed E-state index contributed by atoms with van der Waals surface area (Å²) in [5.74, 6) is 0.268. The Hall–Kier alpha value is -2.54. The van der Waals surface area contributed by atoms with E-state index >= 15 is 0 Å². The molecule has 3 rings (SSSR count). The standard InChI is InChI=1S/C18H22FN5O/c1-13-4-5-15(12-16(13)19)22-17(25)14(2)23-8-10-24(11-9-23)18-20-6-3-7-21-18/h3-7,12,14H,8-11H2,1-2H3,(H,22,25)/t14-/m1/s1. The minimum atomic E-state index is -0.318. The number of carbonyl (C=O) groups is 1. The van der Waals surface area contributed by atoms with Crippen molar-refractivity contribution in [2.45, 2.75) is 19.9 Å². The van der Waals surface area contributed by atoms with Crippen molar-refractivity contribution in [1.29, 1.82) is 0 Å². The summed E-state index contributed by atoms with van der Waals surface area (Å²) in [5, 5.41) is 2.79. The van der Waals surface area contributed by atoms with Gasteiger partial charge in [-0.2, -0.15) is 0 Å². The molecule has 6 nitrogen and oxygen atoms in total. The van der Waals surface area contributed by atoms with Gasteiger partial charge < -0.3 is 10.2 Å². The van der Waals surface area contributed by atoms with Crippen molar-refractivity contribution >= 4 is 17.5 Å². The van der Waals surface area contributed by atoms with Crippen LogP contribution in [0.3, 0.4) is 0 Å². The monoisotopic (exact) mass is 343 g/mol. The normalized spacial score (nSPS) is 16.5. The molecule has 0 unspecified atom stereocenters. The highest BCUT2D eigenvalue weighted by Gasteiger charge is 2.26. The van der Waals surface area contributed by atoms with Gasteiger partial charge >= 0.3 is 0 Å². The molecule has 1 fully saturated rings. The zero-order valence-electron chi connectivity index (χ0n) is 14.4. The van der Waals surface area contributed by atoms with Crippen LogP contribution < -0.4 is 10.2 Å². The molecule has 1 N–H and O–H groups in total. The summed E-state index contributed by atoms with van der Waals surface area (Å²) >= 11 is 0. The summed E-state index contributed by atoms with van der Waals surface area (Å²) in [6, 6.07) is 6.23. The number of aryl methyl sites for hydroxylation is 1. The fourth-order valence-corrected chi connectivity index (χ4v) is 2.85. The molecule has 0 radical (unpaired) electrons. The number of nitrogens with zero attached hydrogens (tertiary/aromatic N) is 4. The van der Waals surface area contributed by atoms with Gasteiger partial charge in [-0.25, -0.2) is 14.4 Å². The van der Waals surface area contributed by atoms with Gasteiger partial charge in [0.05, 0.1) is 6.04 Å². The van der Waals surface area contributed by atoms with E-state index in [9.17, 15) is 9.18 Å². The van der Waals surface area contributed by atoms with Crippen molar-refractivity contribution in [2.24, 2.45) is 0 Å². The van der Waals surface area contributed by atoms with E-state index in [0.717, 1.165) is 32.1 Å². The fraction of sp³-hybridized carbons (Fsp3) is 0.389. The topological polar surface area (TPSA) is 61.4 Å². The maximum absolute atomic E-state index is 13.6. The Balaban J connectivity index is 1.55. The lowest BCUT2D eigenvalue weighted by Crippen LogP contribution is -2.53. The van der Waals surface area contributed by atoms with Crippen molar-refractivity contribution in [3.8, 4) is 0 Å². The molecule has 0 spiro atoms. The van der Waals surface area contributed by atoms with Gasteiger partial charge in [0.15, 0.2) is 0 Å². The maximum Gasteiger partial charge on any atom is 0.241 e. The number of halogens is 1. The van der Waals surface area contributed by atoms with E-state index in [4.69, 9.17) is 0 Å². The molecule has 132 valence electrons. The van der Waals surface area contributed by atoms with E-state index in [2.05, 4.69) is 25.1 Å². The van der Waals surface area contributed by atoms with Gasteiger partial charge in [-0.15, -0.1) is 0 Å². The number of nitrogens with one attached hydrogen (secondary N) is 1. The van der Waals surface area contributed by atoms with E-state index in [1.54, 1.807) is 37.5 Å². The second-order valence-corrected chi connectivity index (χ2v) is 6.20. The third kappa shape index (κ3) is 4.11. The minimum absolute atomic E-state index is 0.132. The van der Waals surface area contributed by atoms with E-state index in [-0.39, 0.29) is 17.8 Å². The quantitative estimate of drug-likeness (QED) is 0.921. The SMILES string of the molecule is Cc1ccc(NC(=O)[C@@H](C)N2CCN(c3ncccn3)CC2)cc1F. The van der Waals surface area contributed by atoms with E-state index in [1.807, 2.05) is 6.92 Å². The molecule has 2 aromatic rings. The van der Waals surface area contributed by atoms with Crippen molar-refractivity contribution in [3.63, 3.8) is 0 Å². The first-order chi connectivity index (χ1) is 12.0. The van der Waals surface area contributed by atoms with Crippen LogP contribution in [0.4, 0.5) is 16.0 Å². The minimum Gasteiger partial charge on any atom is -0.338 e. The Morgan fingerprint density at radius 1 is 1.20 bits per heavy atom. The van der Waals surface area contributed by atoms with Gasteiger partial charge in [0.25, 0.3) is 0 Å². The molecule has 1 saturated heterocycles. The van der Waals surface area contributed by atoms with Crippen LogP contribution in [-0.2, 0) is 4.79 Å². The Bertz CT molecular complexity index is 732. The first-order valence-corrected chi connectivity index (χ1v) is 8.37. The van der Waals surface area contributed by atoms with Gasteiger partial charge in [-0.05, 0) is 37.6 Å². The lowest BCUT2D eigenvalue weighted by molar-refractivity contribution is -0.120. The van der Waals surface area contributed by atoms with Crippen molar-refractivity contribution < 1.29 is 9.18 Å². The zero-order valence-corrected chi connectivity index (χ0v) is 14.4. The molecule has 1 aromatic carbocycles. The largest absolute Gasteiger partial charge is 0.338 e. The zero-order chi connectivity index (χ0) is 17.8. The number of amides is 1. The van der Waals surface area contributed by atoms with Crippen molar-refractivity contribution in [3.05, 3.63) is 48.0 Å². The smallest absolute Gasteiger partial charge is 0.241 e. The van der Waals surface area contributed by atoms with Gasteiger partial charge in [0, 0.05) is 44.3 Å². The molecular formula is C18H22FN5O. The van der Waals surface area contributed by atoms with Crippen molar-refractivity contribution in [2.75, 3.05) is 36.4 Å². The summed E-state index contributed by atoms with van der Waals surface area (Å²) in [6.45, 7) is 6.58. The summed E-state index contributed by atoms with van der Waals surface area (Å²) in [6.07, 6.45) is 3.46. The first-order valence-electron chi connectivity index (χ1n) is 8.37. The lowest BCUT2D eigenvalue weighted by Gasteiger charge is -2.37. The Kier molecular flexibility index (Phi) is 5.23. The molecular weight excluding hydrogens is 321 g/mol. The molecule has 0 aliphatic carbocycles. The summed E-state index contributed by atoms with van der Waals surface area (Å²) < 4.78 is 13.6. The van der Waals surface area contributed by atoms with Crippen LogP contribution in [0, 0.1) is 12.7 Å². The highest BCUT2D eigenvalue weighted by Crippen LogP contribution is 2.16. The number of piperazine rings is 1. The summed E-state index contributed by atoms with van der Waals surface area (Å²) in [5.41, 5.74) is 1.04. The number of hydrogen-bond donors (Lipinski definition) is 1. The van der Waals surface area contributed by atoms with Gasteiger partial charge in [-0.3, -0.25) is 9.69 Å². The lowest BCUT2D eigenvalue weighted by atomic mass is 10.2. The Morgan fingerprint density at radius 2 is 1.88 bits per heavy atom. The molecule has 1 aliphatic rings. The molecule has 1 aliphatic heterocycles. The van der Waals surface area contributed by atoms with Crippen molar-refractivity contribution in [1.82, 2.24) is 14.9 Å². The predicted molar refractivity (Wildman–Crippen MR) is 95.0 cm³/mol. The summed E-state index contributed by atoms with van der Waals surface area (Å²) in [4.78, 5) is 25.2. The second kappa shape index (κ2) is 7.57.